The number of carbonyl (C=O) groups is 4. The Bertz CT molecular complexity index is 1520. The van der Waals surface area contributed by atoms with Crippen molar-refractivity contribution in [3.8, 4) is 0 Å². The number of carbonyl (C=O) groups excluding carboxylic acids is 4. The van der Waals surface area contributed by atoms with Crippen LogP contribution in [0.4, 0.5) is 18.9 Å². The number of Topliss-reactive ketones (excluding diaryl/α,β-unsaturated/α-hetero) is 2. The molecule has 6 nitrogen and oxygen atoms in total. The molecule has 2 amide bonds. The second kappa shape index (κ2) is 8.44. The molecule has 2 fully saturated rings. The molecule has 2 aliphatic heterocycles. The predicted octanol–water partition coefficient (Wildman–Crippen LogP) is 5.52. The van der Waals surface area contributed by atoms with Gasteiger partial charge in [-0.1, -0.05) is 68.4 Å². The summed E-state index contributed by atoms with van der Waals surface area (Å²) in [5, 5.41) is 0. The zero-order valence-corrected chi connectivity index (χ0v) is 20.9. The molecule has 39 heavy (non-hydrogen) atoms. The van der Waals surface area contributed by atoms with Crippen molar-refractivity contribution in [2.75, 3.05) is 4.90 Å². The molecule has 3 aromatic carbocycles. The van der Waals surface area contributed by atoms with Gasteiger partial charge in [0.1, 0.15) is 0 Å². The van der Waals surface area contributed by atoms with Gasteiger partial charge in [-0.3, -0.25) is 19.2 Å². The van der Waals surface area contributed by atoms with E-state index in [2.05, 4.69) is 0 Å². The average molecular weight is 534 g/mol. The first-order chi connectivity index (χ1) is 18.5. The van der Waals surface area contributed by atoms with E-state index in [1.54, 1.807) is 24.3 Å². The third-order valence-electron chi connectivity index (χ3n) is 7.88. The van der Waals surface area contributed by atoms with Crippen LogP contribution in [-0.4, -0.2) is 29.0 Å². The van der Waals surface area contributed by atoms with E-state index < -0.39 is 58.7 Å². The van der Waals surface area contributed by atoms with E-state index >= 15 is 0 Å². The molecule has 2 heterocycles. The lowest BCUT2D eigenvalue weighted by Gasteiger charge is -2.27. The zero-order chi connectivity index (χ0) is 27.9. The first-order valence-corrected chi connectivity index (χ1v) is 12.5. The van der Waals surface area contributed by atoms with E-state index in [0.717, 1.165) is 17.7 Å². The zero-order valence-electron chi connectivity index (χ0n) is 20.9. The number of ketones is 2. The maximum atomic E-state index is 13.9. The number of fused-ring (bicyclic) bond motifs is 3. The molecule has 3 aliphatic rings. The number of alkyl halides is 3. The third kappa shape index (κ3) is 3.45. The molecule has 6 rings (SSSR count). The van der Waals surface area contributed by atoms with Crippen molar-refractivity contribution in [1.82, 2.24) is 0 Å². The van der Waals surface area contributed by atoms with Crippen LogP contribution in [0.5, 0.6) is 0 Å². The fourth-order valence-corrected chi connectivity index (χ4v) is 5.96. The summed E-state index contributed by atoms with van der Waals surface area (Å²) in [6.07, 6.45) is -5.85. The number of halogens is 3. The van der Waals surface area contributed by atoms with Crippen molar-refractivity contribution in [2.45, 2.75) is 37.6 Å². The second-order valence-electron chi connectivity index (χ2n) is 10.4. The number of anilines is 1. The van der Waals surface area contributed by atoms with Crippen LogP contribution < -0.4 is 4.90 Å². The third-order valence-corrected chi connectivity index (χ3v) is 7.88. The van der Waals surface area contributed by atoms with E-state index in [4.69, 9.17) is 4.74 Å². The highest BCUT2D eigenvalue weighted by Gasteiger charge is 2.74. The topological polar surface area (TPSA) is 80.8 Å². The Morgan fingerprint density at radius 3 is 2.00 bits per heavy atom. The summed E-state index contributed by atoms with van der Waals surface area (Å²) in [6, 6.07) is 17.0. The number of rotatable bonds is 3. The molecule has 1 spiro atoms. The summed E-state index contributed by atoms with van der Waals surface area (Å²) < 4.78 is 46.6. The van der Waals surface area contributed by atoms with Crippen molar-refractivity contribution in [1.29, 1.82) is 0 Å². The number of amides is 2. The lowest BCUT2D eigenvalue weighted by Crippen LogP contribution is -2.51. The normalized spacial score (nSPS) is 23.7. The van der Waals surface area contributed by atoms with Crippen molar-refractivity contribution >= 4 is 29.1 Å². The molecule has 0 N–H and O–H groups in total. The maximum Gasteiger partial charge on any atom is 0.416 e. The summed E-state index contributed by atoms with van der Waals surface area (Å²) in [5.74, 6) is -5.85. The molecular weight excluding hydrogens is 511 g/mol. The lowest BCUT2D eigenvalue weighted by molar-refractivity contribution is -0.137. The van der Waals surface area contributed by atoms with Crippen LogP contribution in [0.1, 0.15) is 63.3 Å². The number of hydrogen-bond donors (Lipinski definition) is 0. The van der Waals surface area contributed by atoms with Crippen LogP contribution in [0.25, 0.3) is 0 Å². The first kappa shape index (κ1) is 25.2. The van der Waals surface area contributed by atoms with Crippen LogP contribution >= 0.6 is 0 Å². The Morgan fingerprint density at radius 1 is 0.821 bits per heavy atom. The molecule has 0 aromatic heterocycles. The van der Waals surface area contributed by atoms with Crippen molar-refractivity contribution in [2.24, 2.45) is 11.8 Å². The highest BCUT2D eigenvalue weighted by Crippen LogP contribution is 2.57. The Hall–Kier alpha value is -4.11. The van der Waals surface area contributed by atoms with Gasteiger partial charge in [0.2, 0.25) is 29.0 Å². The molecule has 0 radical (unpaired) electrons. The smallest absolute Gasteiger partial charge is 0.349 e. The number of ether oxygens (including phenoxy) is 1. The molecule has 0 unspecified atom stereocenters. The van der Waals surface area contributed by atoms with E-state index in [0.29, 0.717) is 16.5 Å². The van der Waals surface area contributed by atoms with Crippen LogP contribution in [0, 0.1) is 11.8 Å². The summed E-state index contributed by atoms with van der Waals surface area (Å²) in [7, 11) is 0. The standard InChI is InChI=1S/C30H22F3NO5/c1-15(2)16-10-12-17(13-11-16)24-22-23(29(39-24)25(35)20-8-3-4-9-21(20)26(29)36)28(38)34(27(22)37)19-7-5-6-18(14-19)30(31,32)33/h3-15,22-24H,1-2H3/t22-,23-,24+/m1/s1. The van der Waals surface area contributed by atoms with Crippen LogP contribution in [0.3, 0.4) is 0 Å². The molecule has 198 valence electrons. The number of imide groups is 1. The van der Waals surface area contributed by atoms with Crippen molar-refractivity contribution < 1.29 is 37.1 Å². The fourth-order valence-electron chi connectivity index (χ4n) is 5.96. The van der Waals surface area contributed by atoms with Gasteiger partial charge in [0.15, 0.2) is 0 Å². The molecular formula is C30H22F3NO5. The van der Waals surface area contributed by atoms with Gasteiger partial charge in [-0.05, 0) is 35.2 Å². The lowest BCUT2D eigenvalue weighted by atomic mass is 9.77. The van der Waals surface area contributed by atoms with Gasteiger partial charge in [-0.25, -0.2) is 4.90 Å². The van der Waals surface area contributed by atoms with Crippen LogP contribution in [0.15, 0.2) is 72.8 Å². The van der Waals surface area contributed by atoms with E-state index in [1.807, 2.05) is 26.0 Å². The quantitative estimate of drug-likeness (QED) is 0.327. The summed E-state index contributed by atoms with van der Waals surface area (Å²) >= 11 is 0. The first-order valence-electron chi connectivity index (χ1n) is 12.5. The van der Waals surface area contributed by atoms with Crippen molar-refractivity contribution in [3.05, 3.63) is 101 Å². The average Bonchev–Trinajstić information content (AvgIpc) is 3.48. The second-order valence-corrected chi connectivity index (χ2v) is 10.4. The number of benzene rings is 3. The summed E-state index contributed by atoms with van der Waals surface area (Å²) in [4.78, 5) is 56.0. The van der Waals surface area contributed by atoms with Gasteiger partial charge in [-0.15, -0.1) is 0 Å². The highest BCUT2D eigenvalue weighted by molar-refractivity contribution is 6.37. The highest BCUT2D eigenvalue weighted by atomic mass is 19.4. The monoisotopic (exact) mass is 533 g/mol. The fraction of sp³-hybridized carbons (Fsp3) is 0.267. The molecule has 1 aliphatic carbocycles. The Kier molecular flexibility index (Phi) is 5.45. The summed E-state index contributed by atoms with van der Waals surface area (Å²) in [6.45, 7) is 4.01. The predicted molar refractivity (Wildman–Crippen MR) is 133 cm³/mol. The van der Waals surface area contributed by atoms with E-state index in [-0.39, 0.29) is 22.7 Å². The van der Waals surface area contributed by atoms with Gasteiger partial charge in [-0.2, -0.15) is 13.2 Å². The number of nitrogens with zero attached hydrogens (tertiary/aromatic N) is 1. The minimum absolute atomic E-state index is 0.0785. The number of hydrogen-bond acceptors (Lipinski definition) is 5. The molecule has 2 saturated heterocycles. The maximum absolute atomic E-state index is 13.9. The molecule has 3 aromatic rings. The SMILES string of the molecule is CC(C)c1ccc([C@@H]2OC3(C(=O)c4ccccc4C3=O)[C@H]3C(=O)N(c4cccc(C(F)(F)F)c4)C(=O)[C@@H]23)cc1. The Morgan fingerprint density at radius 2 is 1.44 bits per heavy atom. The van der Waals surface area contributed by atoms with Gasteiger partial charge in [0.05, 0.1) is 29.2 Å². The molecule has 3 atom stereocenters. The van der Waals surface area contributed by atoms with Gasteiger partial charge >= 0.3 is 6.18 Å². The van der Waals surface area contributed by atoms with Gasteiger partial charge in [0, 0.05) is 11.1 Å². The van der Waals surface area contributed by atoms with Gasteiger partial charge < -0.3 is 4.74 Å². The van der Waals surface area contributed by atoms with Crippen LogP contribution in [-0.2, 0) is 20.5 Å². The van der Waals surface area contributed by atoms with Gasteiger partial charge in [0.25, 0.3) is 0 Å². The van der Waals surface area contributed by atoms with Crippen LogP contribution in [0.2, 0.25) is 0 Å². The van der Waals surface area contributed by atoms with E-state index in [9.17, 15) is 32.3 Å². The minimum Gasteiger partial charge on any atom is -0.349 e. The minimum atomic E-state index is -4.71. The molecule has 0 bridgehead atoms. The molecule has 9 heteroatoms. The van der Waals surface area contributed by atoms with Crippen molar-refractivity contribution in [3.63, 3.8) is 0 Å². The Balaban J connectivity index is 1.51. The molecule has 0 saturated carbocycles. The largest absolute Gasteiger partial charge is 0.416 e. The summed E-state index contributed by atoms with van der Waals surface area (Å²) in [5.41, 5.74) is -1.97. The van der Waals surface area contributed by atoms with E-state index in [1.165, 1.54) is 18.2 Å². The Labute approximate surface area is 221 Å².